The highest BCUT2D eigenvalue weighted by atomic mass is 28.3. The summed E-state index contributed by atoms with van der Waals surface area (Å²) < 4.78 is 6.17. The summed E-state index contributed by atoms with van der Waals surface area (Å²) in [6.45, 7) is 15.0. The zero-order valence-electron chi connectivity index (χ0n) is 20.2. The summed E-state index contributed by atoms with van der Waals surface area (Å²) in [7, 11) is -2.16. The molecule has 0 heterocycles. The van der Waals surface area contributed by atoms with Gasteiger partial charge in [0, 0.05) is 5.56 Å². The lowest BCUT2D eigenvalue weighted by molar-refractivity contribution is 0.160. The Kier molecular flexibility index (Phi) is 12.5. The monoisotopic (exact) mass is 436 g/mol. The number of hydrogen-bond acceptors (Lipinski definition) is 2. The second-order valence-electron chi connectivity index (χ2n) is 9.02. The predicted molar refractivity (Wildman–Crippen MR) is 135 cm³/mol. The van der Waals surface area contributed by atoms with Gasteiger partial charge in [-0.25, -0.2) is 0 Å². The first-order valence-corrected chi connectivity index (χ1v) is 18.0. The van der Waals surface area contributed by atoms with E-state index in [0.29, 0.717) is 0 Å². The van der Waals surface area contributed by atoms with Gasteiger partial charge in [0.2, 0.25) is 0 Å². The van der Waals surface area contributed by atoms with Crippen LogP contribution in [0.5, 0.6) is 5.75 Å². The average molecular weight is 437 g/mol. The quantitative estimate of drug-likeness (QED) is 0.208. The molecule has 0 aromatic heterocycles. The van der Waals surface area contributed by atoms with Crippen LogP contribution in [0.2, 0.25) is 48.4 Å². The minimum Gasteiger partial charge on any atom is -0.493 e. The van der Waals surface area contributed by atoms with Crippen molar-refractivity contribution in [3.63, 3.8) is 0 Å². The molecule has 1 N–H and O–H groups in total. The van der Waals surface area contributed by atoms with Crippen molar-refractivity contribution in [2.24, 2.45) is 0 Å². The maximum atomic E-state index is 10.9. The van der Waals surface area contributed by atoms with Crippen LogP contribution in [0.4, 0.5) is 0 Å². The fourth-order valence-corrected chi connectivity index (χ4v) is 11.9. The van der Waals surface area contributed by atoms with E-state index in [-0.39, 0.29) is 0 Å². The predicted octanol–water partition coefficient (Wildman–Crippen LogP) is 8.29. The Labute approximate surface area is 183 Å². The summed E-state index contributed by atoms with van der Waals surface area (Å²) in [6.07, 6.45) is 2.73. The van der Waals surface area contributed by atoms with Gasteiger partial charge in [-0.3, -0.25) is 0 Å². The molecular formula is C25H48O2Si2. The van der Waals surface area contributed by atoms with E-state index in [0.717, 1.165) is 37.2 Å². The molecule has 2 nitrogen and oxygen atoms in total. The van der Waals surface area contributed by atoms with Crippen molar-refractivity contribution in [3.8, 4) is 5.75 Å². The van der Waals surface area contributed by atoms with E-state index < -0.39 is 22.3 Å². The Balaban J connectivity index is 2.60. The first-order chi connectivity index (χ1) is 13.9. The SMILES string of the molecule is CC[Si](CC)(CC)CCCOc1ccccc1C(O)CCC[Si](CC)(CC)CC. The summed E-state index contributed by atoms with van der Waals surface area (Å²) in [4.78, 5) is 0. The number of ether oxygens (including phenoxy) is 1. The van der Waals surface area contributed by atoms with Gasteiger partial charge in [0.15, 0.2) is 0 Å². The lowest BCUT2D eigenvalue weighted by Gasteiger charge is -2.28. The number of aliphatic hydroxyl groups is 1. The van der Waals surface area contributed by atoms with Crippen molar-refractivity contribution in [2.75, 3.05) is 6.61 Å². The van der Waals surface area contributed by atoms with Crippen molar-refractivity contribution in [2.45, 2.75) is 115 Å². The summed E-state index contributed by atoms with van der Waals surface area (Å²) in [5.74, 6) is 0.891. The molecule has 0 saturated heterocycles. The second-order valence-corrected chi connectivity index (χ2v) is 20.3. The molecule has 0 aliphatic heterocycles. The van der Waals surface area contributed by atoms with Crippen LogP contribution in [0.15, 0.2) is 24.3 Å². The van der Waals surface area contributed by atoms with Crippen molar-refractivity contribution in [1.82, 2.24) is 0 Å². The molecule has 1 unspecified atom stereocenters. The minimum absolute atomic E-state index is 0.404. The van der Waals surface area contributed by atoms with Gasteiger partial charge in [-0.05, 0) is 18.9 Å². The smallest absolute Gasteiger partial charge is 0.125 e. The van der Waals surface area contributed by atoms with Crippen molar-refractivity contribution in [3.05, 3.63) is 29.8 Å². The molecular weight excluding hydrogens is 388 g/mol. The largest absolute Gasteiger partial charge is 0.493 e. The van der Waals surface area contributed by atoms with E-state index in [1.54, 1.807) is 0 Å². The average Bonchev–Trinajstić information content (AvgIpc) is 2.78. The standard InChI is InChI=1S/C25H48O2Si2/c1-7-28(8-2,9-3)21-15-18-24(26)23-17-13-14-19-25(23)27-20-16-22-29(10-4,11-5)12-6/h13-14,17,19,24,26H,7-12,15-16,18,20-22H2,1-6H3. The molecule has 1 rings (SSSR count). The first kappa shape index (κ1) is 26.4. The molecule has 29 heavy (non-hydrogen) atoms. The normalized spacial score (nSPS) is 13.5. The van der Waals surface area contributed by atoms with E-state index >= 15 is 0 Å². The third-order valence-corrected chi connectivity index (χ3v) is 19.9. The second kappa shape index (κ2) is 13.7. The Morgan fingerprint density at radius 1 is 0.759 bits per heavy atom. The fraction of sp³-hybridized carbons (Fsp3) is 0.760. The number of para-hydroxylation sites is 1. The Morgan fingerprint density at radius 3 is 1.76 bits per heavy atom. The molecule has 1 aromatic rings. The van der Waals surface area contributed by atoms with Crippen LogP contribution >= 0.6 is 0 Å². The molecule has 0 spiro atoms. The van der Waals surface area contributed by atoms with Gasteiger partial charge in [-0.15, -0.1) is 0 Å². The summed E-state index contributed by atoms with van der Waals surface area (Å²) in [5, 5.41) is 10.9. The summed E-state index contributed by atoms with van der Waals surface area (Å²) >= 11 is 0. The lowest BCUT2D eigenvalue weighted by atomic mass is 10.0. The minimum atomic E-state index is -1.09. The van der Waals surface area contributed by atoms with Crippen LogP contribution in [0, 0.1) is 0 Å². The van der Waals surface area contributed by atoms with Gasteiger partial charge >= 0.3 is 0 Å². The Morgan fingerprint density at radius 2 is 1.24 bits per heavy atom. The number of aliphatic hydroxyl groups excluding tert-OH is 1. The van der Waals surface area contributed by atoms with Gasteiger partial charge in [-0.2, -0.15) is 0 Å². The highest BCUT2D eigenvalue weighted by Gasteiger charge is 2.27. The van der Waals surface area contributed by atoms with Crippen molar-refractivity contribution in [1.29, 1.82) is 0 Å². The van der Waals surface area contributed by atoms with Crippen LogP contribution in [-0.2, 0) is 0 Å². The molecule has 0 aliphatic rings. The molecule has 0 fully saturated rings. The zero-order chi connectivity index (χ0) is 21.8. The van der Waals surface area contributed by atoms with Crippen LogP contribution in [0.25, 0.3) is 0 Å². The Bertz CT molecular complexity index is 537. The molecule has 168 valence electrons. The molecule has 1 atom stereocenters. The topological polar surface area (TPSA) is 29.5 Å². The van der Waals surface area contributed by atoms with Gasteiger partial charge in [0.05, 0.1) is 28.9 Å². The van der Waals surface area contributed by atoms with E-state index in [1.807, 2.05) is 24.3 Å². The zero-order valence-corrected chi connectivity index (χ0v) is 22.2. The Hall–Kier alpha value is -0.586. The number of hydrogen-bond donors (Lipinski definition) is 1. The van der Waals surface area contributed by atoms with Crippen molar-refractivity contribution >= 4 is 16.1 Å². The van der Waals surface area contributed by atoms with Gasteiger partial charge in [-0.1, -0.05) is 115 Å². The van der Waals surface area contributed by atoms with Crippen LogP contribution in [-0.4, -0.2) is 27.9 Å². The van der Waals surface area contributed by atoms with E-state index in [2.05, 4.69) is 41.5 Å². The molecule has 0 amide bonds. The number of benzene rings is 1. The maximum Gasteiger partial charge on any atom is 0.125 e. The molecule has 4 heteroatoms. The van der Waals surface area contributed by atoms with E-state index in [4.69, 9.17) is 4.74 Å². The highest BCUT2D eigenvalue weighted by molar-refractivity contribution is 6.80. The third kappa shape index (κ3) is 7.88. The number of rotatable bonds is 16. The summed E-state index contributed by atoms with van der Waals surface area (Å²) in [6, 6.07) is 19.1. The van der Waals surface area contributed by atoms with Crippen LogP contribution in [0.1, 0.15) is 72.5 Å². The van der Waals surface area contributed by atoms with E-state index in [1.165, 1.54) is 48.4 Å². The molecule has 0 saturated carbocycles. The van der Waals surface area contributed by atoms with Crippen molar-refractivity contribution < 1.29 is 9.84 Å². The first-order valence-electron chi connectivity index (χ1n) is 12.3. The van der Waals surface area contributed by atoms with Gasteiger partial charge in [0.25, 0.3) is 0 Å². The molecule has 1 aromatic carbocycles. The van der Waals surface area contributed by atoms with Crippen LogP contribution < -0.4 is 4.74 Å². The van der Waals surface area contributed by atoms with Gasteiger partial charge < -0.3 is 9.84 Å². The molecule has 0 radical (unpaired) electrons. The van der Waals surface area contributed by atoms with E-state index in [9.17, 15) is 5.11 Å². The summed E-state index contributed by atoms with van der Waals surface area (Å²) in [5.41, 5.74) is 0.981. The maximum absolute atomic E-state index is 10.9. The highest BCUT2D eigenvalue weighted by Crippen LogP contribution is 2.33. The van der Waals surface area contributed by atoms with Crippen LogP contribution in [0.3, 0.4) is 0 Å². The van der Waals surface area contributed by atoms with Gasteiger partial charge in [0.1, 0.15) is 5.75 Å². The third-order valence-electron chi connectivity index (χ3n) is 8.07. The fourth-order valence-electron chi connectivity index (χ4n) is 4.90. The lowest BCUT2D eigenvalue weighted by Crippen LogP contribution is -2.31. The molecule has 0 aliphatic carbocycles. The molecule has 0 bridgehead atoms.